The topological polar surface area (TPSA) is 103 Å². The SMILES string of the molecule is Cc1cc(C#N)cc(C)c1Oc1nc(NC2CCN(Cc3cnc[nH]3)CC2)ncc1Br. The maximum atomic E-state index is 9.15. The predicted molar refractivity (Wildman–Crippen MR) is 121 cm³/mol. The van der Waals surface area contributed by atoms with Crippen LogP contribution in [0.15, 0.2) is 35.3 Å². The van der Waals surface area contributed by atoms with Gasteiger partial charge in [-0.05, 0) is 65.9 Å². The average Bonchev–Trinajstić information content (AvgIpc) is 3.27. The number of ether oxygens (including phenoxy) is 1. The monoisotopic (exact) mass is 481 g/mol. The van der Waals surface area contributed by atoms with Crippen LogP contribution in [-0.4, -0.2) is 44.0 Å². The summed E-state index contributed by atoms with van der Waals surface area (Å²) in [7, 11) is 0. The Balaban J connectivity index is 1.40. The molecule has 9 heteroatoms. The van der Waals surface area contributed by atoms with E-state index in [1.165, 1.54) is 0 Å². The number of anilines is 1. The number of piperidine rings is 1. The molecule has 0 atom stereocenters. The molecule has 0 radical (unpaired) electrons. The number of hydrogen-bond acceptors (Lipinski definition) is 7. The Morgan fingerprint density at radius 2 is 2.00 bits per heavy atom. The summed E-state index contributed by atoms with van der Waals surface area (Å²) < 4.78 is 6.79. The van der Waals surface area contributed by atoms with Crippen LogP contribution in [0.2, 0.25) is 0 Å². The second kappa shape index (κ2) is 9.45. The number of rotatable bonds is 6. The summed E-state index contributed by atoms with van der Waals surface area (Å²) in [5.74, 6) is 1.70. The van der Waals surface area contributed by atoms with Gasteiger partial charge in [-0.15, -0.1) is 0 Å². The molecule has 2 aromatic heterocycles. The summed E-state index contributed by atoms with van der Waals surface area (Å²) in [6.07, 6.45) is 7.31. The van der Waals surface area contributed by atoms with Crippen molar-refractivity contribution in [3.8, 4) is 17.7 Å². The zero-order valence-electron chi connectivity index (χ0n) is 17.5. The maximum absolute atomic E-state index is 9.15. The van der Waals surface area contributed by atoms with E-state index in [0.29, 0.717) is 33.7 Å². The lowest BCUT2D eigenvalue weighted by molar-refractivity contribution is 0.209. The van der Waals surface area contributed by atoms with Crippen molar-refractivity contribution in [1.29, 1.82) is 5.26 Å². The highest BCUT2D eigenvalue weighted by Crippen LogP contribution is 2.33. The lowest BCUT2D eigenvalue weighted by Gasteiger charge is -2.32. The Kier molecular flexibility index (Phi) is 6.49. The molecular formula is C22H24BrN7O. The number of nitriles is 1. The van der Waals surface area contributed by atoms with Gasteiger partial charge in [-0.1, -0.05) is 0 Å². The molecule has 31 heavy (non-hydrogen) atoms. The van der Waals surface area contributed by atoms with E-state index in [2.05, 4.69) is 52.2 Å². The zero-order valence-corrected chi connectivity index (χ0v) is 19.1. The van der Waals surface area contributed by atoms with Crippen molar-refractivity contribution < 1.29 is 4.74 Å². The molecule has 0 spiro atoms. The van der Waals surface area contributed by atoms with Gasteiger partial charge in [-0.2, -0.15) is 10.2 Å². The molecule has 0 amide bonds. The van der Waals surface area contributed by atoms with Gasteiger partial charge in [-0.25, -0.2) is 9.97 Å². The van der Waals surface area contributed by atoms with Gasteiger partial charge in [0, 0.05) is 37.6 Å². The molecule has 1 fully saturated rings. The minimum Gasteiger partial charge on any atom is -0.437 e. The van der Waals surface area contributed by atoms with E-state index in [1.54, 1.807) is 12.5 Å². The molecular weight excluding hydrogens is 458 g/mol. The van der Waals surface area contributed by atoms with E-state index in [9.17, 15) is 0 Å². The normalized spacial score (nSPS) is 14.9. The fourth-order valence-corrected chi connectivity index (χ4v) is 4.07. The zero-order chi connectivity index (χ0) is 21.8. The number of aromatic nitrogens is 4. The van der Waals surface area contributed by atoms with E-state index in [1.807, 2.05) is 32.2 Å². The standard InChI is InChI=1S/C22H24BrN7O/c1-14-7-16(9-24)8-15(2)20(14)31-21-19(23)11-26-22(29-21)28-17-3-5-30(6-4-17)12-18-10-25-13-27-18/h7-8,10-11,13,17H,3-6,12H2,1-2H3,(H,25,27)(H,26,28,29). The fourth-order valence-electron chi connectivity index (χ4n) is 3.80. The first kappa shape index (κ1) is 21.3. The summed E-state index contributed by atoms with van der Waals surface area (Å²) in [5, 5.41) is 12.6. The van der Waals surface area contributed by atoms with Crippen molar-refractivity contribution in [2.24, 2.45) is 0 Å². The highest BCUT2D eigenvalue weighted by molar-refractivity contribution is 9.10. The number of aryl methyl sites for hydroxylation is 2. The van der Waals surface area contributed by atoms with E-state index in [4.69, 9.17) is 10.00 Å². The van der Waals surface area contributed by atoms with Crippen LogP contribution >= 0.6 is 15.9 Å². The largest absolute Gasteiger partial charge is 0.437 e. The van der Waals surface area contributed by atoms with Gasteiger partial charge < -0.3 is 15.0 Å². The Bertz CT molecular complexity index is 1060. The lowest BCUT2D eigenvalue weighted by Crippen LogP contribution is -2.39. The predicted octanol–water partition coefficient (Wildman–Crippen LogP) is 4.32. The second-order valence-electron chi connectivity index (χ2n) is 7.77. The number of halogens is 1. The third kappa shape index (κ3) is 5.21. The van der Waals surface area contributed by atoms with Crippen molar-refractivity contribution in [1.82, 2.24) is 24.8 Å². The van der Waals surface area contributed by atoms with Gasteiger partial charge in [0.2, 0.25) is 11.8 Å². The number of nitrogens with zero attached hydrogens (tertiary/aromatic N) is 5. The number of imidazole rings is 1. The molecule has 3 aromatic rings. The summed E-state index contributed by atoms with van der Waals surface area (Å²) in [4.78, 5) is 18.6. The van der Waals surface area contributed by atoms with Crippen LogP contribution in [0.3, 0.4) is 0 Å². The van der Waals surface area contributed by atoms with Crippen LogP contribution < -0.4 is 10.1 Å². The third-order valence-corrected chi connectivity index (χ3v) is 5.91. The Hall–Kier alpha value is -2.96. The minimum atomic E-state index is 0.311. The number of hydrogen-bond donors (Lipinski definition) is 2. The van der Waals surface area contributed by atoms with Gasteiger partial charge in [0.05, 0.1) is 28.6 Å². The molecule has 1 saturated heterocycles. The van der Waals surface area contributed by atoms with Crippen LogP contribution in [0, 0.1) is 25.2 Å². The number of likely N-dealkylation sites (tertiary alicyclic amines) is 1. The molecule has 2 N–H and O–H groups in total. The van der Waals surface area contributed by atoms with Crippen molar-refractivity contribution in [2.75, 3.05) is 18.4 Å². The second-order valence-corrected chi connectivity index (χ2v) is 8.63. The summed E-state index contributed by atoms with van der Waals surface area (Å²) >= 11 is 3.48. The van der Waals surface area contributed by atoms with E-state index in [-0.39, 0.29) is 0 Å². The smallest absolute Gasteiger partial charge is 0.238 e. The Morgan fingerprint density at radius 1 is 1.26 bits per heavy atom. The average molecular weight is 482 g/mol. The van der Waals surface area contributed by atoms with E-state index >= 15 is 0 Å². The number of nitrogens with one attached hydrogen (secondary N) is 2. The quantitative estimate of drug-likeness (QED) is 0.540. The van der Waals surface area contributed by atoms with E-state index in [0.717, 1.165) is 49.3 Å². The van der Waals surface area contributed by atoms with Crippen LogP contribution in [0.25, 0.3) is 0 Å². The third-order valence-electron chi connectivity index (χ3n) is 5.37. The molecule has 4 rings (SSSR count). The number of benzene rings is 1. The molecule has 160 valence electrons. The van der Waals surface area contributed by atoms with Crippen LogP contribution in [0.4, 0.5) is 5.95 Å². The summed E-state index contributed by atoms with van der Waals surface area (Å²) in [6.45, 7) is 6.74. The van der Waals surface area contributed by atoms with Gasteiger partial charge in [0.1, 0.15) is 5.75 Å². The molecule has 0 aliphatic carbocycles. The molecule has 0 bridgehead atoms. The van der Waals surface area contributed by atoms with Crippen molar-refractivity contribution in [3.05, 3.63) is 57.7 Å². The molecule has 1 aliphatic rings. The maximum Gasteiger partial charge on any atom is 0.238 e. The Morgan fingerprint density at radius 3 is 2.65 bits per heavy atom. The first-order chi connectivity index (χ1) is 15.0. The summed E-state index contributed by atoms with van der Waals surface area (Å²) in [6, 6.07) is 6.11. The summed E-state index contributed by atoms with van der Waals surface area (Å²) in [5.41, 5.74) is 3.53. The van der Waals surface area contributed by atoms with E-state index < -0.39 is 0 Å². The highest BCUT2D eigenvalue weighted by Gasteiger charge is 2.21. The number of aromatic amines is 1. The van der Waals surface area contributed by atoms with Gasteiger partial charge >= 0.3 is 0 Å². The van der Waals surface area contributed by atoms with Crippen LogP contribution in [0.5, 0.6) is 11.6 Å². The fraction of sp³-hybridized carbons (Fsp3) is 0.364. The van der Waals surface area contributed by atoms with Crippen LogP contribution in [-0.2, 0) is 6.54 Å². The molecule has 0 unspecified atom stereocenters. The highest BCUT2D eigenvalue weighted by atomic mass is 79.9. The molecule has 8 nitrogen and oxygen atoms in total. The van der Waals surface area contributed by atoms with Crippen molar-refractivity contribution in [3.63, 3.8) is 0 Å². The molecule has 1 aromatic carbocycles. The Labute approximate surface area is 189 Å². The first-order valence-electron chi connectivity index (χ1n) is 10.2. The number of H-pyrrole nitrogens is 1. The lowest BCUT2D eigenvalue weighted by atomic mass is 10.1. The van der Waals surface area contributed by atoms with Gasteiger partial charge in [0.25, 0.3) is 0 Å². The first-order valence-corrected chi connectivity index (χ1v) is 11.0. The van der Waals surface area contributed by atoms with Crippen molar-refractivity contribution in [2.45, 2.75) is 39.3 Å². The van der Waals surface area contributed by atoms with Gasteiger partial charge in [0.15, 0.2) is 0 Å². The molecule has 0 saturated carbocycles. The molecule has 1 aliphatic heterocycles. The van der Waals surface area contributed by atoms with Gasteiger partial charge in [-0.3, -0.25) is 4.90 Å². The van der Waals surface area contributed by atoms with Crippen LogP contribution in [0.1, 0.15) is 35.2 Å². The molecule has 3 heterocycles. The minimum absolute atomic E-state index is 0.311. The van der Waals surface area contributed by atoms with Crippen molar-refractivity contribution >= 4 is 21.9 Å².